The second-order valence-corrected chi connectivity index (χ2v) is 3.47. The molecule has 76 valence electrons. The van der Waals surface area contributed by atoms with Crippen LogP contribution in [-0.4, -0.2) is 23.0 Å². The van der Waals surface area contributed by atoms with Crippen molar-refractivity contribution in [3.05, 3.63) is 17.3 Å². The van der Waals surface area contributed by atoms with E-state index in [1.54, 1.807) is 0 Å². The molecule has 1 rings (SSSR count). The number of aryl methyl sites for hydroxylation is 2. The highest BCUT2D eigenvalue weighted by Crippen LogP contribution is 2.10. The molecule has 0 fully saturated rings. The van der Waals surface area contributed by atoms with Crippen molar-refractivity contribution in [2.24, 2.45) is 0 Å². The third kappa shape index (κ3) is 2.33. The summed E-state index contributed by atoms with van der Waals surface area (Å²) in [5, 5.41) is 8.70. The smallest absolute Gasteiger partial charge is 0.208 e. The molecular formula is C10H15N3O. The van der Waals surface area contributed by atoms with Gasteiger partial charge in [-0.1, -0.05) is 0 Å². The van der Waals surface area contributed by atoms with Crippen molar-refractivity contribution in [3.8, 4) is 6.07 Å². The van der Waals surface area contributed by atoms with Gasteiger partial charge in [0, 0.05) is 0 Å². The molecule has 0 N–H and O–H groups in total. The molecule has 1 heterocycles. The summed E-state index contributed by atoms with van der Waals surface area (Å²) in [7, 11) is 1.88. The molecule has 1 aromatic heterocycles. The van der Waals surface area contributed by atoms with E-state index >= 15 is 0 Å². The Kier molecular flexibility index (Phi) is 3.26. The summed E-state index contributed by atoms with van der Waals surface area (Å²) in [5.74, 6) is 1.52. The number of aromatic nitrogens is 1. The number of nitrogens with zero attached hydrogens (tertiary/aromatic N) is 3. The van der Waals surface area contributed by atoms with E-state index < -0.39 is 0 Å². The summed E-state index contributed by atoms with van der Waals surface area (Å²) in [6.07, 6.45) is 0. The Morgan fingerprint density at radius 3 is 2.64 bits per heavy atom. The molecule has 0 saturated carbocycles. The Morgan fingerprint density at radius 1 is 1.57 bits per heavy atom. The molecule has 0 spiro atoms. The van der Waals surface area contributed by atoms with Gasteiger partial charge < -0.3 is 4.42 Å². The Labute approximate surface area is 84.2 Å². The van der Waals surface area contributed by atoms with E-state index in [0.717, 1.165) is 11.5 Å². The maximum atomic E-state index is 8.70. The Balaban J connectivity index is 2.66. The molecule has 1 unspecified atom stereocenters. The van der Waals surface area contributed by atoms with Crippen LogP contribution in [0.5, 0.6) is 0 Å². The van der Waals surface area contributed by atoms with E-state index in [-0.39, 0.29) is 6.04 Å². The van der Waals surface area contributed by atoms with Gasteiger partial charge >= 0.3 is 0 Å². The lowest BCUT2D eigenvalue weighted by atomic mass is 10.3. The fraction of sp³-hybridized carbons (Fsp3) is 0.600. The molecule has 0 saturated heterocycles. The van der Waals surface area contributed by atoms with E-state index in [1.165, 1.54) is 0 Å². The molecule has 0 radical (unpaired) electrons. The van der Waals surface area contributed by atoms with Crippen LogP contribution < -0.4 is 0 Å². The normalized spacial score (nSPS) is 12.9. The van der Waals surface area contributed by atoms with Gasteiger partial charge in [0.2, 0.25) is 5.89 Å². The Morgan fingerprint density at radius 2 is 2.21 bits per heavy atom. The van der Waals surface area contributed by atoms with Crippen molar-refractivity contribution >= 4 is 0 Å². The molecule has 1 aromatic rings. The number of oxazole rings is 1. The third-order valence-corrected chi connectivity index (χ3v) is 2.31. The fourth-order valence-corrected chi connectivity index (χ4v) is 1.06. The monoisotopic (exact) mass is 193 g/mol. The van der Waals surface area contributed by atoms with E-state index in [0.29, 0.717) is 12.4 Å². The van der Waals surface area contributed by atoms with Gasteiger partial charge in [-0.2, -0.15) is 5.26 Å². The molecule has 0 aromatic carbocycles. The van der Waals surface area contributed by atoms with Gasteiger partial charge in [0.1, 0.15) is 5.76 Å². The van der Waals surface area contributed by atoms with Crippen LogP contribution >= 0.6 is 0 Å². The molecule has 0 bridgehead atoms. The highest BCUT2D eigenvalue weighted by atomic mass is 16.4. The topological polar surface area (TPSA) is 53.1 Å². The lowest BCUT2D eigenvalue weighted by molar-refractivity contribution is 0.260. The molecule has 0 aliphatic rings. The molecule has 1 atom stereocenters. The van der Waals surface area contributed by atoms with Crippen molar-refractivity contribution in [2.75, 3.05) is 7.05 Å². The van der Waals surface area contributed by atoms with Gasteiger partial charge in [-0.15, -0.1) is 0 Å². The number of rotatable bonds is 3. The van der Waals surface area contributed by atoms with Gasteiger partial charge in [0.25, 0.3) is 0 Å². The van der Waals surface area contributed by atoms with Crippen LogP contribution in [-0.2, 0) is 6.54 Å². The first kappa shape index (κ1) is 10.7. The van der Waals surface area contributed by atoms with Gasteiger partial charge in [-0.05, 0) is 27.8 Å². The van der Waals surface area contributed by atoms with E-state index in [4.69, 9.17) is 9.68 Å². The van der Waals surface area contributed by atoms with Crippen LogP contribution in [0.3, 0.4) is 0 Å². The Bertz CT molecular complexity index is 331. The predicted octanol–water partition coefficient (Wildman–Crippen LogP) is 1.64. The van der Waals surface area contributed by atoms with E-state index in [1.807, 2.05) is 32.7 Å². The molecule has 0 aliphatic heterocycles. The highest BCUT2D eigenvalue weighted by Gasteiger charge is 2.12. The molecule has 14 heavy (non-hydrogen) atoms. The van der Waals surface area contributed by atoms with Crippen LogP contribution in [0, 0.1) is 25.2 Å². The SMILES string of the molecule is Cc1nc(CN(C)C(C)C#N)oc1C. The number of hydrogen-bond acceptors (Lipinski definition) is 4. The minimum absolute atomic E-state index is 0.123. The van der Waals surface area contributed by atoms with Crippen molar-refractivity contribution < 1.29 is 4.42 Å². The van der Waals surface area contributed by atoms with Crippen LogP contribution in [0.1, 0.15) is 24.3 Å². The second-order valence-electron chi connectivity index (χ2n) is 3.47. The average Bonchev–Trinajstić information content (AvgIpc) is 2.44. The van der Waals surface area contributed by atoms with Crippen LogP contribution in [0.25, 0.3) is 0 Å². The highest BCUT2D eigenvalue weighted by molar-refractivity contribution is 5.05. The zero-order valence-electron chi connectivity index (χ0n) is 9.03. The van der Waals surface area contributed by atoms with Gasteiger partial charge in [0.05, 0.1) is 24.3 Å². The Hall–Kier alpha value is -1.34. The third-order valence-electron chi connectivity index (χ3n) is 2.31. The first-order valence-corrected chi connectivity index (χ1v) is 4.57. The second kappa shape index (κ2) is 4.25. The summed E-state index contributed by atoms with van der Waals surface area (Å²) < 4.78 is 5.42. The summed E-state index contributed by atoms with van der Waals surface area (Å²) in [6, 6.07) is 2.04. The minimum atomic E-state index is -0.123. The number of nitriles is 1. The van der Waals surface area contributed by atoms with Crippen LogP contribution in [0.4, 0.5) is 0 Å². The standard InChI is InChI=1S/C10H15N3O/c1-7(5-11)13(4)6-10-12-8(2)9(3)14-10/h7H,6H2,1-4H3. The summed E-state index contributed by atoms with van der Waals surface area (Å²) >= 11 is 0. The zero-order chi connectivity index (χ0) is 10.7. The average molecular weight is 193 g/mol. The predicted molar refractivity (Wildman–Crippen MR) is 52.5 cm³/mol. The summed E-state index contributed by atoms with van der Waals surface area (Å²) in [5.41, 5.74) is 0.915. The first-order chi connectivity index (χ1) is 6.54. The first-order valence-electron chi connectivity index (χ1n) is 4.57. The van der Waals surface area contributed by atoms with Crippen molar-refractivity contribution in [2.45, 2.75) is 33.4 Å². The van der Waals surface area contributed by atoms with Gasteiger partial charge in [-0.3, -0.25) is 4.90 Å². The van der Waals surface area contributed by atoms with Crippen molar-refractivity contribution in [1.29, 1.82) is 5.26 Å². The lowest BCUT2D eigenvalue weighted by Gasteiger charge is -2.16. The zero-order valence-corrected chi connectivity index (χ0v) is 9.03. The fourth-order valence-electron chi connectivity index (χ4n) is 1.06. The summed E-state index contributed by atoms with van der Waals surface area (Å²) in [4.78, 5) is 6.14. The lowest BCUT2D eigenvalue weighted by Crippen LogP contribution is -2.27. The van der Waals surface area contributed by atoms with E-state index in [9.17, 15) is 0 Å². The molecule has 0 aliphatic carbocycles. The van der Waals surface area contributed by atoms with E-state index in [2.05, 4.69) is 11.1 Å². The minimum Gasteiger partial charge on any atom is -0.444 e. The molecule has 4 heteroatoms. The van der Waals surface area contributed by atoms with Gasteiger partial charge in [0.15, 0.2) is 0 Å². The maximum absolute atomic E-state index is 8.70. The van der Waals surface area contributed by atoms with Crippen LogP contribution in [0.2, 0.25) is 0 Å². The quantitative estimate of drug-likeness (QED) is 0.732. The molecule has 4 nitrogen and oxygen atoms in total. The largest absolute Gasteiger partial charge is 0.444 e. The summed E-state index contributed by atoms with van der Waals surface area (Å²) in [6.45, 7) is 6.22. The van der Waals surface area contributed by atoms with Crippen LogP contribution in [0.15, 0.2) is 4.42 Å². The molecule has 0 amide bonds. The maximum Gasteiger partial charge on any atom is 0.208 e. The van der Waals surface area contributed by atoms with Crippen molar-refractivity contribution in [1.82, 2.24) is 9.88 Å². The number of hydrogen-bond donors (Lipinski definition) is 0. The van der Waals surface area contributed by atoms with Crippen molar-refractivity contribution in [3.63, 3.8) is 0 Å². The van der Waals surface area contributed by atoms with Gasteiger partial charge in [-0.25, -0.2) is 4.98 Å². The molecular weight excluding hydrogens is 178 g/mol.